The van der Waals surface area contributed by atoms with E-state index in [4.69, 9.17) is 0 Å². The molecule has 0 heterocycles. The largest absolute Gasteiger partial charge is 0.385 e. The van der Waals surface area contributed by atoms with Gasteiger partial charge in [-0.3, -0.25) is 0 Å². The lowest BCUT2D eigenvalue weighted by Crippen LogP contribution is -2.33. The summed E-state index contributed by atoms with van der Waals surface area (Å²) in [5.74, 6) is -1.57. The fraction of sp³-hybridized carbons (Fsp3) is 0.538. The minimum absolute atomic E-state index is 0.204. The highest BCUT2D eigenvalue weighted by Gasteiger charge is 2.36. The zero-order chi connectivity index (χ0) is 12.5. The van der Waals surface area contributed by atoms with E-state index in [1.807, 2.05) is 0 Å². The van der Waals surface area contributed by atoms with Gasteiger partial charge in [-0.25, -0.2) is 8.78 Å². The Balaban J connectivity index is 3.47. The van der Waals surface area contributed by atoms with Crippen LogP contribution in [0.25, 0.3) is 0 Å². The minimum Gasteiger partial charge on any atom is -0.385 e. The monoisotopic (exact) mass is 228 g/mol. The van der Waals surface area contributed by atoms with Crippen molar-refractivity contribution in [2.75, 3.05) is 0 Å². The first-order valence-corrected chi connectivity index (χ1v) is 5.52. The van der Waals surface area contributed by atoms with Crippen LogP contribution in [0.4, 0.5) is 8.78 Å². The molecule has 0 bridgehead atoms. The maximum atomic E-state index is 13.9. The second-order valence-corrected chi connectivity index (χ2v) is 4.49. The molecule has 1 rings (SSSR count). The number of benzene rings is 1. The Labute approximate surface area is 95.1 Å². The summed E-state index contributed by atoms with van der Waals surface area (Å²) >= 11 is 0. The van der Waals surface area contributed by atoms with Crippen molar-refractivity contribution in [1.82, 2.24) is 0 Å². The molecule has 1 unspecified atom stereocenters. The van der Waals surface area contributed by atoms with Crippen molar-refractivity contribution in [1.29, 1.82) is 0 Å². The Morgan fingerprint density at radius 2 is 1.88 bits per heavy atom. The highest BCUT2D eigenvalue weighted by atomic mass is 19.1. The first-order chi connectivity index (χ1) is 7.34. The third-order valence-electron chi connectivity index (χ3n) is 3.21. The van der Waals surface area contributed by atoms with E-state index in [-0.39, 0.29) is 17.9 Å². The van der Waals surface area contributed by atoms with Gasteiger partial charge in [0.1, 0.15) is 11.6 Å². The van der Waals surface area contributed by atoms with E-state index in [1.165, 1.54) is 12.1 Å². The molecule has 0 aliphatic heterocycles. The first kappa shape index (κ1) is 13.1. The third kappa shape index (κ3) is 1.96. The molecule has 0 fully saturated rings. The maximum Gasteiger partial charge on any atom is 0.135 e. The predicted molar refractivity (Wildman–Crippen MR) is 60.1 cm³/mol. The van der Waals surface area contributed by atoms with Gasteiger partial charge in [-0.15, -0.1) is 0 Å². The van der Waals surface area contributed by atoms with E-state index in [9.17, 15) is 13.9 Å². The number of hydrogen-bond donors (Lipinski definition) is 1. The highest BCUT2D eigenvalue weighted by Crippen LogP contribution is 2.36. The fourth-order valence-electron chi connectivity index (χ4n) is 1.93. The van der Waals surface area contributed by atoms with E-state index in [0.717, 1.165) is 0 Å². The normalized spacial score (nSPS) is 15.2. The zero-order valence-corrected chi connectivity index (χ0v) is 10.1. The molecule has 0 aliphatic carbocycles. The first-order valence-electron chi connectivity index (χ1n) is 5.52. The average molecular weight is 228 g/mol. The second kappa shape index (κ2) is 4.50. The van der Waals surface area contributed by atoms with Gasteiger partial charge < -0.3 is 5.11 Å². The van der Waals surface area contributed by atoms with Crippen LogP contribution in [0.1, 0.15) is 38.3 Å². The van der Waals surface area contributed by atoms with Gasteiger partial charge in [0, 0.05) is 0 Å². The summed E-state index contributed by atoms with van der Waals surface area (Å²) in [4.78, 5) is 0. The van der Waals surface area contributed by atoms with Gasteiger partial charge in [0.15, 0.2) is 0 Å². The van der Waals surface area contributed by atoms with Crippen molar-refractivity contribution < 1.29 is 13.9 Å². The average Bonchev–Trinajstić information content (AvgIpc) is 2.23. The quantitative estimate of drug-likeness (QED) is 0.839. The summed E-state index contributed by atoms with van der Waals surface area (Å²) in [5, 5.41) is 10.4. The van der Waals surface area contributed by atoms with Crippen LogP contribution in [0.2, 0.25) is 0 Å². The number of hydrogen-bond acceptors (Lipinski definition) is 1. The Morgan fingerprint density at radius 1 is 1.31 bits per heavy atom. The summed E-state index contributed by atoms with van der Waals surface area (Å²) in [5.41, 5.74) is -1.30. The molecular formula is C13H18F2O. The van der Waals surface area contributed by atoms with Crippen LogP contribution in [-0.4, -0.2) is 5.11 Å². The van der Waals surface area contributed by atoms with Gasteiger partial charge in [-0.1, -0.05) is 26.8 Å². The van der Waals surface area contributed by atoms with Crippen LogP contribution >= 0.6 is 0 Å². The molecule has 0 radical (unpaired) electrons. The summed E-state index contributed by atoms with van der Waals surface area (Å²) in [6.07, 6.45) is 0.280. The van der Waals surface area contributed by atoms with Gasteiger partial charge >= 0.3 is 0 Å². The van der Waals surface area contributed by atoms with Crippen LogP contribution < -0.4 is 0 Å². The Kier molecular flexibility index (Phi) is 3.68. The summed E-state index contributed by atoms with van der Waals surface area (Å²) in [6.45, 7) is 6.80. The zero-order valence-electron chi connectivity index (χ0n) is 10.1. The predicted octanol–water partition coefficient (Wildman–Crippen LogP) is 3.53. The lowest BCUT2D eigenvalue weighted by molar-refractivity contribution is -0.0204. The molecule has 90 valence electrons. The summed E-state index contributed by atoms with van der Waals surface area (Å²) in [6, 6.07) is 2.58. The van der Waals surface area contributed by atoms with Gasteiger partial charge in [0.05, 0.1) is 11.2 Å². The molecule has 0 saturated carbocycles. The topological polar surface area (TPSA) is 20.2 Å². The highest BCUT2D eigenvalue weighted by molar-refractivity contribution is 5.31. The number of aliphatic hydroxyl groups is 1. The van der Waals surface area contributed by atoms with E-state index in [0.29, 0.717) is 5.56 Å². The van der Waals surface area contributed by atoms with Crippen molar-refractivity contribution in [3.05, 3.63) is 34.9 Å². The molecule has 1 aromatic rings. The number of halogens is 2. The molecule has 3 heteroatoms. The molecule has 0 amide bonds. The number of aryl methyl sites for hydroxylation is 1. The maximum absolute atomic E-state index is 13.9. The molecule has 1 atom stereocenters. The van der Waals surface area contributed by atoms with Crippen molar-refractivity contribution in [2.45, 2.75) is 39.7 Å². The van der Waals surface area contributed by atoms with Crippen molar-refractivity contribution >= 4 is 0 Å². The molecular weight excluding hydrogens is 210 g/mol. The molecule has 1 N–H and O–H groups in total. The Hall–Kier alpha value is -0.960. The number of rotatable bonds is 3. The van der Waals surface area contributed by atoms with Crippen LogP contribution in [-0.2, 0) is 5.60 Å². The Bertz CT molecular complexity index is 388. The van der Waals surface area contributed by atoms with Crippen LogP contribution in [0.5, 0.6) is 0 Å². The summed E-state index contributed by atoms with van der Waals surface area (Å²) < 4.78 is 27.6. The van der Waals surface area contributed by atoms with Gasteiger partial charge in [-0.2, -0.15) is 0 Å². The van der Waals surface area contributed by atoms with E-state index >= 15 is 0 Å². The van der Waals surface area contributed by atoms with E-state index < -0.39 is 17.2 Å². The van der Waals surface area contributed by atoms with Crippen molar-refractivity contribution in [3.63, 3.8) is 0 Å². The van der Waals surface area contributed by atoms with Crippen molar-refractivity contribution in [2.24, 2.45) is 5.92 Å². The minimum atomic E-state index is -1.44. The SMILES string of the molecule is CCC(O)(c1c(F)ccc(C)c1F)C(C)C. The third-order valence-corrected chi connectivity index (χ3v) is 3.21. The second-order valence-electron chi connectivity index (χ2n) is 4.49. The Morgan fingerprint density at radius 3 is 2.31 bits per heavy atom. The fourth-order valence-corrected chi connectivity index (χ4v) is 1.93. The van der Waals surface area contributed by atoms with Crippen LogP contribution in [0.15, 0.2) is 12.1 Å². The van der Waals surface area contributed by atoms with Gasteiger partial charge in [0.25, 0.3) is 0 Å². The van der Waals surface area contributed by atoms with E-state index in [1.54, 1.807) is 27.7 Å². The smallest absolute Gasteiger partial charge is 0.135 e. The standard InChI is InChI=1S/C13H18F2O/c1-5-13(16,8(2)3)11-10(14)7-6-9(4)12(11)15/h6-8,16H,5H2,1-4H3. The summed E-state index contributed by atoms with van der Waals surface area (Å²) in [7, 11) is 0. The molecule has 0 saturated heterocycles. The molecule has 1 nitrogen and oxygen atoms in total. The van der Waals surface area contributed by atoms with Crippen LogP contribution in [0, 0.1) is 24.5 Å². The van der Waals surface area contributed by atoms with Crippen LogP contribution in [0.3, 0.4) is 0 Å². The van der Waals surface area contributed by atoms with Crippen molar-refractivity contribution in [3.8, 4) is 0 Å². The lowest BCUT2D eigenvalue weighted by Gasteiger charge is -2.32. The lowest BCUT2D eigenvalue weighted by atomic mass is 9.80. The molecule has 0 spiro atoms. The van der Waals surface area contributed by atoms with Gasteiger partial charge in [0.2, 0.25) is 0 Å². The van der Waals surface area contributed by atoms with E-state index in [2.05, 4.69) is 0 Å². The van der Waals surface area contributed by atoms with Gasteiger partial charge in [-0.05, 0) is 30.9 Å². The molecule has 0 aromatic heterocycles. The molecule has 0 aliphatic rings. The molecule has 16 heavy (non-hydrogen) atoms. The molecule has 1 aromatic carbocycles.